The van der Waals surface area contributed by atoms with Gasteiger partial charge in [0.25, 0.3) is 0 Å². The third-order valence-corrected chi connectivity index (χ3v) is 5.19. The average molecular weight is 303 g/mol. The zero-order chi connectivity index (χ0) is 16.1. The van der Waals surface area contributed by atoms with Crippen molar-refractivity contribution in [3.05, 3.63) is 23.8 Å². The van der Waals surface area contributed by atoms with E-state index in [1.165, 1.54) is 5.56 Å². The summed E-state index contributed by atoms with van der Waals surface area (Å²) in [6.07, 6.45) is 1.01. The van der Waals surface area contributed by atoms with Crippen molar-refractivity contribution in [1.82, 2.24) is 4.90 Å². The SMILES string of the molecule is CN(C)C1CCOc2ccc(B3OC(C)(C)C(C)(C)O3)cc21. The standard InChI is InChI=1S/C17H26BNO3/c1-16(2)17(3,4)22-18(21-16)12-7-8-15-13(11-12)14(19(5)6)9-10-20-15/h7-8,11,14H,9-10H2,1-6H3. The lowest BCUT2D eigenvalue weighted by molar-refractivity contribution is 0.00578. The van der Waals surface area contributed by atoms with Crippen LogP contribution in [-0.4, -0.2) is 43.9 Å². The maximum atomic E-state index is 6.16. The predicted octanol–water partition coefficient (Wildman–Crippen LogP) is 2.37. The molecule has 0 N–H and O–H groups in total. The number of fused-ring (bicyclic) bond motifs is 1. The molecule has 4 nitrogen and oxygen atoms in total. The van der Waals surface area contributed by atoms with Gasteiger partial charge in [0, 0.05) is 18.0 Å². The van der Waals surface area contributed by atoms with Crippen molar-refractivity contribution in [3.8, 4) is 5.75 Å². The van der Waals surface area contributed by atoms with E-state index < -0.39 is 0 Å². The third kappa shape index (κ3) is 2.55. The van der Waals surface area contributed by atoms with E-state index in [-0.39, 0.29) is 18.3 Å². The number of benzene rings is 1. The molecule has 5 heteroatoms. The largest absolute Gasteiger partial charge is 0.494 e. The number of ether oxygens (including phenoxy) is 1. The van der Waals surface area contributed by atoms with Gasteiger partial charge in [0.15, 0.2) is 0 Å². The molecule has 0 aromatic heterocycles. The molecule has 2 aliphatic rings. The highest BCUT2D eigenvalue weighted by Gasteiger charge is 2.51. The highest BCUT2D eigenvalue weighted by molar-refractivity contribution is 6.62. The first-order valence-electron chi connectivity index (χ1n) is 8.00. The van der Waals surface area contributed by atoms with Crippen molar-refractivity contribution >= 4 is 12.6 Å². The highest BCUT2D eigenvalue weighted by atomic mass is 16.7. The average Bonchev–Trinajstić information content (AvgIpc) is 2.66. The third-order valence-electron chi connectivity index (χ3n) is 5.19. The van der Waals surface area contributed by atoms with Crippen LogP contribution in [0.4, 0.5) is 0 Å². The van der Waals surface area contributed by atoms with E-state index in [2.05, 4.69) is 58.8 Å². The van der Waals surface area contributed by atoms with Crippen LogP contribution in [-0.2, 0) is 9.31 Å². The van der Waals surface area contributed by atoms with Gasteiger partial charge in [-0.15, -0.1) is 0 Å². The summed E-state index contributed by atoms with van der Waals surface area (Å²) in [7, 11) is 3.91. The molecule has 2 heterocycles. The number of rotatable bonds is 2. The van der Waals surface area contributed by atoms with Gasteiger partial charge < -0.3 is 18.9 Å². The van der Waals surface area contributed by atoms with E-state index in [9.17, 15) is 0 Å². The van der Waals surface area contributed by atoms with E-state index in [0.717, 1.165) is 24.2 Å². The van der Waals surface area contributed by atoms with Crippen LogP contribution < -0.4 is 10.2 Å². The Morgan fingerprint density at radius 1 is 1.09 bits per heavy atom. The molecule has 0 aliphatic carbocycles. The molecule has 0 amide bonds. The minimum atomic E-state index is -0.319. The predicted molar refractivity (Wildman–Crippen MR) is 88.7 cm³/mol. The Hall–Kier alpha value is -1.04. The number of hydrogen-bond acceptors (Lipinski definition) is 4. The fourth-order valence-electron chi connectivity index (χ4n) is 3.06. The Bertz CT molecular complexity index is 555. The molecule has 1 atom stereocenters. The molecule has 1 unspecified atom stereocenters. The molecule has 1 saturated heterocycles. The molecule has 22 heavy (non-hydrogen) atoms. The summed E-state index contributed by atoms with van der Waals surface area (Å²) < 4.78 is 18.1. The van der Waals surface area contributed by atoms with Crippen molar-refractivity contribution in [2.75, 3.05) is 20.7 Å². The molecule has 2 aliphatic heterocycles. The van der Waals surface area contributed by atoms with E-state index in [1.807, 2.05) is 6.07 Å². The van der Waals surface area contributed by atoms with Crippen molar-refractivity contribution in [2.45, 2.75) is 51.4 Å². The minimum absolute atomic E-state index is 0.314. The molecule has 0 bridgehead atoms. The van der Waals surface area contributed by atoms with Gasteiger partial charge in [-0.05, 0) is 53.3 Å². The molecule has 3 rings (SSSR count). The van der Waals surface area contributed by atoms with Gasteiger partial charge in [-0.3, -0.25) is 0 Å². The quantitative estimate of drug-likeness (QED) is 0.785. The summed E-state index contributed by atoms with van der Waals surface area (Å²) in [5.74, 6) is 0.977. The first-order valence-corrected chi connectivity index (χ1v) is 8.00. The zero-order valence-electron chi connectivity index (χ0n) is 14.5. The van der Waals surface area contributed by atoms with Crippen molar-refractivity contribution in [3.63, 3.8) is 0 Å². The van der Waals surface area contributed by atoms with Crippen LogP contribution in [0, 0.1) is 0 Å². The minimum Gasteiger partial charge on any atom is -0.493 e. The smallest absolute Gasteiger partial charge is 0.493 e. The highest BCUT2D eigenvalue weighted by Crippen LogP contribution is 2.38. The van der Waals surface area contributed by atoms with Gasteiger partial charge >= 0.3 is 7.12 Å². The first-order chi connectivity index (χ1) is 10.2. The first kappa shape index (κ1) is 15.8. The molecule has 1 aromatic rings. The molecule has 1 fully saturated rings. The van der Waals surface area contributed by atoms with Crippen LogP contribution in [0.2, 0.25) is 0 Å². The summed E-state index contributed by atoms with van der Waals surface area (Å²) in [4.78, 5) is 2.25. The molecule has 1 aromatic carbocycles. The van der Waals surface area contributed by atoms with Crippen molar-refractivity contribution in [2.24, 2.45) is 0 Å². The van der Waals surface area contributed by atoms with E-state index in [4.69, 9.17) is 14.0 Å². The Morgan fingerprint density at radius 2 is 1.73 bits per heavy atom. The van der Waals surface area contributed by atoms with Crippen LogP contribution in [0.15, 0.2) is 18.2 Å². The maximum absolute atomic E-state index is 6.16. The Balaban J connectivity index is 1.93. The molecular weight excluding hydrogens is 277 g/mol. The van der Waals surface area contributed by atoms with E-state index in [0.29, 0.717) is 6.04 Å². The van der Waals surface area contributed by atoms with Crippen LogP contribution in [0.1, 0.15) is 45.7 Å². The second-order valence-electron chi connectivity index (χ2n) is 7.50. The summed E-state index contributed by atoms with van der Waals surface area (Å²) in [6, 6.07) is 6.66. The lowest BCUT2D eigenvalue weighted by atomic mass is 9.77. The number of hydrogen-bond donors (Lipinski definition) is 0. The maximum Gasteiger partial charge on any atom is 0.494 e. The normalized spacial score (nSPS) is 26.0. The van der Waals surface area contributed by atoms with Gasteiger partial charge in [0.05, 0.1) is 17.8 Å². The fourth-order valence-corrected chi connectivity index (χ4v) is 3.06. The lowest BCUT2D eigenvalue weighted by Crippen LogP contribution is -2.41. The molecule has 120 valence electrons. The van der Waals surface area contributed by atoms with Gasteiger partial charge in [-0.2, -0.15) is 0 Å². The fraction of sp³-hybridized carbons (Fsp3) is 0.647. The summed E-state index contributed by atoms with van der Waals surface area (Å²) in [6.45, 7) is 9.09. The molecular formula is C17H26BNO3. The van der Waals surface area contributed by atoms with Crippen molar-refractivity contribution < 1.29 is 14.0 Å². The van der Waals surface area contributed by atoms with Gasteiger partial charge in [-0.25, -0.2) is 0 Å². The van der Waals surface area contributed by atoms with E-state index >= 15 is 0 Å². The summed E-state index contributed by atoms with van der Waals surface area (Å²) >= 11 is 0. The molecule has 0 saturated carbocycles. The Labute approximate surface area is 133 Å². The van der Waals surface area contributed by atoms with Crippen LogP contribution >= 0.6 is 0 Å². The van der Waals surface area contributed by atoms with Gasteiger partial charge in [0.2, 0.25) is 0 Å². The van der Waals surface area contributed by atoms with Crippen LogP contribution in [0.25, 0.3) is 0 Å². The molecule has 0 radical (unpaired) electrons. The van der Waals surface area contributed by atoms with Crippen LogP contribution in [0.5, 0.6) is 5.75 Å². The van der Waals surface area contributed by atoms with Crippen molar-refractivity contribution in [1.29, 1.82) is 0 Å². The second kappa shape index (κ2) is 5.26. The monoisotopic (exact) mass is 303 g/mol. The summed E-state index contributed by atoms with van der Waals surface area (Å²) in [5, 5.41) is 0. The summed E-state index contributed by atoms with van der Waals surface area (Å²) in [5.41, 5.74) is 1.66. The van der Waals surface area contributed by atoms with E-state index in [1.54, 1.807) is 0 Å². The van der Waals surface area contributed by atoms with Gasteiger partial charge in [0.1, 0.15) is 5.75 Å². The number of nitrogens with zero attached hydrogens (tertiary/aromatic N) is 1. The molecule has 0 spiro atoms. The van der Waals surface area contributed by atoms with Gasteiger partial charge in [-0.1, -0.05) is 12.1 Å². The topological polar surface area (TPSA) is 30.9 Å². The Morgan fingerprint density at radius 3 is 2.32 bits per heavy atom. The lowest BCUT2D eigenvalue weighted by Gasteiger charge is -2.32. The Kier molecular flexibility index (Phi) is 3.79. The second-order valence-corrected chi connectivity index (χ2v) is 7.50. The van der Waals surface area contributed by atoms with Crippen LogP contribution in [0.3, 0.4) is 0 Å². The zero-order valence-corrected chi connectivity index (χ0v) is 14.5.